The summed E-state index contributed by atoms with van der Waals surface area (Å²) < 4.78 is 0. The van der Waals surface area contributed by atoms with Crippen molar-refractivity contribution in [2.24, 2.45) is 5.92 Å². The molecule has 196 valence electrons. The Morgan fingerprint density at radius 3 is 2.08 bits per heavy atom. The summed E-state index contributed by atoms with van der Waals surface area (Å²) in [6, 6.07) is 14.0. The van der Waals surface area contributed by atoms with E-state index in [1.54, 1.807) is 24.3 Å². The summed E-state index contributed by atoms with van der Waals surface area (Å²) >= 11 is 13.4. The Balaban J connectivity index is 1.25. The molecule has 2 heterocycles. The van der Waals surface area contributed by atoms with E-state index < -0.39 is 11.8 Å². The zero-order valence-corrected chi connectivity index (χ0v) is 22.5. The van der Waals surface area contributed by atoms with Gasteiger partial charge in [0, 0.05) is 52.1 Å². The first-order chi connectivity index (χ1) is 18.4. The van der Waals surface area contributed by atoms with Crippen molar-refractivity contribution in [3.8, 4) is 11.1 Å². The Morgan fingerprint density at radius 2 is 1.45 bits per heavy atom. The smallest absolute Gasteiger partial charge is 0.258 e. The Kier molecular flexibility index (Phi) is 8.10. The van der Waals surface area contributed by atoms with Crippen molar-refractivity contribution in [1.29, 1.82) is 0 Å². The van der Waals surface area contributed by atoms with Crippen LogP contribution in [0.4, 0.5) is 0 Å². The minimum atomic E-state index is -0.492. The van der Waals surface area contributed by atoms with Crippen molar-refractivity contribution >= 4 is 40.9 Å². The minimum absolute atomic E-state index is 0.0922. The number of carbonyl (C=O) groups is 3. The molecule has 1 saturated carbocycles. The molecule has 3 aromatic rings. The number of nitrogens with zero attached hydrogens (tertiary/aromatic N) is 2. The molecule has 1 aromatic heterocycles. The quantitative estimate of drug-likeness (QED) is 0.363. The van der Waals surface area contributed by atoms with Crippen LogP contribution in [0.1, 0.15) is 64.8 Å². The van der Waals surface area contributed by atoms with Crippen LogP contribution < -0.4 is 5.32 Å². The van der Waals surface area contributed by atoms with Gasteiger partial charge in [-0.05, 0) is 78.8 Å². The van der Waals surface area contributed by atoms with Crippen molar-refractivity contribution in [3.63, 3.8) is 0 Å². The predicted molar refractivity (Wildman–Crippen MR) is 148 cm³/mol. The van der Waals surface area contributed by atoms with E-state index in [2.05, 4.69) is 15.2 Å². The van der Waals surface area contributed by atoms with E-state index in [4.69, 9.17) is 23.2 Å². The van der Waals surface area contributed by atoms with Gasteiger partial charge in [-0.15, -0.1) is 0 Å². The number of aromatic nitrogens is 1. The van der Waals surface area contributed by atoms with Gasteiger partial charge in [-0.3, -0.25) is 24.7 Å². The molecule has 8 heteroatoms. The van der Waals surface area contributed by atoms with E-state index in [1.165, 1.54) is 43.8 Å². The lowest BCUT2D eigenvalue weighted by Crippen LogP contribution is -2.39. The highest BCUT2D eigenvalue weighted by Gasteiger charge is 2.36. The molecule has 0 bridgehead atoms. The standard InChI is InChI=1S/C30H29Cl2N3O3/c31-26-17-23(19-6-8-20(9-7-19)28(36)34-29(37)21-10-13-33-14-11-21)18-27(32)25(26)16-22-12-15-35(30(22)38)24-4-2-1-3-5-24/h6-11,13-14,17-18,22,24H,1-5,12,15-16H2,(H,34,36,37). The van der Waals surface area contributed by atoms with Crippen LogP contribution >= 0.6 is 23.2 Å². The van der Waals surface area contributed by atoms with Gasteiger partial charge >= 0.3 is 0 Å². The summed E-state index contributed by atoms with van der Waals surface area (Å²) in [4.78, 5) is 43.9. The summed E-state index contributed by atoms with van der Waals surface area (Å²) in [6.45, 7) is 0.815. The molecule has 1 aliphatic heterocycles. The summed E-state index contributed by atoms with van der Waals surface area (Å²) in [5, 5.41) is 3.44. The molecular formula is C30H29Cl2N3O3. The molecule has 0 spiro atoms. The fourth-order valence-corrected chi connectivity index (χ4v) is 6.12. The first-order valence-corrected chi connectivity index (χ1v) is 13.8. The number of rotatable bonds is 6. The van der Waals surface area contributed by atoms with Gasteiger partial charge in [-0.25, -0.2) is 0 Å². The molecule has 1 unspecified atom stereocenters. The number of amides is 3. The molecule has 1 aliphatic carbocycles. The number of pyridine rings is 1. The minimum Gasteiger partial charge on any atom is -0.339 e. The second-order valence-electron chi connectivity index (χ2n) is 10.0. The molecule has 2 fully saturated rings. The van der Waals surface area contributed by atoms with Crippen molar-refractivity contribution in [2.45, 2.75) is 51.0 Å². The number of nitrogens with one attached hydrogen (secondary N) is 1. The van der Waals surface area contributed by atoms with Crippen molar-refractivity contribution in [1.82, 2.24) is 15.2 Å². The van der Waals surface area contributed by atoms with Crippen LogP contribution in [-0.2, 0) is 11.2 Å². The van der Waals surface area contributed by atoms with Crippen molar-refractivity contribution in [3.05, 3.63) is 87.7 Å². The highest BCUT2D eigenvalue weighted by Crippen LogP contribution is 2.36. The third-order valence-corrected chi connectivity index (χ3v) is 8.28. The first-order valence-electron chi connectivity index (χ1n) is 13.1. The highest BCUT2D eigenvalue weighted by atomic mass is 35.5. The molecule has 1 saturated heterocycles. The van der Waals surface area contributed by atoms with Gasteiger partial charge in [0.1, 0.15) is 0 Å². The van der Waals surface area contributed by atoms with Crippen LogP contribution in [0, 0.1) is 5.92 Å². The molecule has 1 atom stereocenters. The largest absolute Gasteiger partial charge is 0.339 e. The van der Waals surface area contributed by atoms with E-state index in [0.717, 1.165) is 42.5 Å². The number of hydrogen-bond donors (Lipinski definition) is 1. The number of halogens is 2. The lowest BCUT2D eigenvalue weighted by molar-refractivity contribution is -0.133. The zero-order chi connectivity index (χ0) is 26.6. The third-order valence-electron chi connectivity index (χ3n) is 7.61. The van der Waals surface area contributed by atoms with Gasteiger partial charge in [0.05, 0.1) is 0 Å². The number of hydrogen-bond acceptors (Lipinski definition) is 4. The Bertz CT molecular complexity index is 1320. The monoisotopic (exact) mass is 549 g/mol. The van der Waals surface area contributed by atoms with Crippen LogP contribution in [0.25, 0.3) is 11.1 Å². The van der Waals surface area contributed by atoms with Gasteiger partial charge in [-0.2, -0.15) is 0 Å². The molecule has 2 aromatic carbocycles. The molecule has 3 amide bonds. The maximum Gasteiger partial charge on any atom is 0.258 e. The van der Waals surface area contributed by atoms with Crippen LogP contribution in [0.2, 0.25) is 10.0 Å². The molecule has 0 radical (unpaired) electrons. The number of benzene rings is 2. The number of imide groups is 1. The summed E-state index contributed by atoms with van der Waals surface area (Å²) in [5.41, 5.74) is 3.15. The predicted octanol–water partition coefficient (Wildman–Crippen LogP) is 6.35. The van der Waals surface area contributed by atoms with Gasteiger partial charge in [0.25, 0.3) is 11.8 Å². The normalized spacial score (nSPS) is 18.0. The Morgan fingerprint density at radius 1 is 0.842 bits per heavy atom. The van der Waals surface area contributed by atoms with Crippen LogP contribution in [-0.4, -0.2) is 40.2 Å². The fraction of sp³-hybridized carbons (Fsp3) is 0.333. The van der Waals surface area contributed by atoms with E-state index in [0.29, 0.717) is 33.6 Å². The maximum atomic E-state index is 13.1. The van der Waals surface area contributed by atoms with E-state index in [-0.39, 0.29) is 11.8 Å². The molecule has 1 N–H and O–H groups in total. The van der Waals surface area contributed by atoms with Gasteiger partial charge in [-0.1, -0.05) is 54.6 Å². The SMILES string of the molecule is O=C(NC(=O)c1ccc(-c2cc(Cl)c(CC3CCN(C4CCCCC4)C3=O)c(Cl)c2)cc1)c1ccncc1. The molecule has 6 nitrogen and oxygen atoms in total. The topological polar surface area (TPSA) is 79.4 Å². The zero-order valence-electron chi connectivity index (χ0n) is 21.0. The van der Waals surface area contributed by atoms with Crippen molar-refractivity contribution < 1.29 is 14.4 Å². The van der Waals surface area contributed by atoms with Crippen LogP contribution in [0.15, 0.2) is 60.9 Å². The Hall–Kier alpha value is -3.22. The average Bonchev–Trinajstić information content (AvgIpc) is 3.31. The van der Waals surface area contributed by atoms with E-state index >= 15 is 0 Å². The summed E-state index contributed by atoms with van der Waals surface area (Å²) in [5.74, 6) is -0.846. The van der Waals surface area contributed by atoms with Gasteiger partial charge in [0.2, 0.25) is 5.91 Å². The van der Waals surface area contributed by atoms with Crippen LogP contribution in [0.3, 0.4) is 0 Å². The number of carbonyl (C=O) groups excluding carboxylic acids is 3. The highest BCUT2D eigenvalue weighted by molar-refractivity contribution is 6.36. The Labute approximate surface area is 232 Å². The fourth-order valence-electron chi connectivity index (χ4n) is 5.48. The van der Waals surface area contributed by atoms with Gasteiger partial charge in [0.15, 0.2) is 0 Å². The lowest BCUT2D eigenvalue weighted by atomic mass is 9.93. The average molecular weight is 550 g/mol. The van der Waals surface area contributed by atoms with Crippen molar-refractivity contribution in [2.75, 3.05) is 6.54 Å². The van der Waals surface area contributed by atoms with E-state index in [9.17, 15) is 14.4 Å². The summed E-state index contributed by atoms with van der Waals surface area (Å²) in [7, 11) is 0. The molecule has 5 rings (SSSR count). The molecule has 2 aliphatic rings. The third kappa shape index (κ3) is 5.77. The first kappa shape index (κ1) is 26.4. The maximum absolute atomic E-state index is 13.1. The summed E-state index contributed by atoms with van der Waals surface area (Å²) in [6.07, 6.45) is 10.2. The van der Waals surface area contributed by atoms with E-state index in [1.807, 2.05) is 12.1 Å². The molecule has 38 heavy (non-hydrogen) atoms. The van der Waals surface area contributed by atoms with Gasteiger partial charge < -0.3 is 4.90 Å². The lowest BCUT2D eigenvalue weighted by Gasteiger charge is -2.31. The second kappa shape index (κ2) is 11.7. The number of likely N-dealkylation sites (tertiary alicyclic amines) is 1. The van der Waals surface area contributed by atoms with Crippen LogP contribution in [0.5, 0.6) is 0 Å². The molecular weight excluding hydrogens is 521 g/mol. The second-order valence-corrected chi connectivity index (χ2v) is 10.8.